The molecule has 4 aromatic rings. The fraction of sp³-hybridized carbons (Fsp3) is 0.560. The predicted molar refractivity (Wildman–Crippen MR) is 166 cm³/mol. The number of fused-ring (bicyclic) bond motifs is 2. The molecule has 17 nitrogen and oxygen atoms in total. The predicted octanol–water partition coefficient (Wildman–Crippen LogP) is 1.06. The zero-order valence-electron chi connectivity index (χ0n) is 24.3. The number of aliphatic hydroxyl groups excluding tert-OH is 1. The van der Waals surface area contributed by atoms with E-state index in [0.717, 1.165) is 0 Å². The molecule has 6 rings (SSSR count). The number of aromatic nitrogens is 7. The summed E-state index contributed by atoms with van der Waals surface area (Å²) in [7, 11) is 3.48. The van der Waals surface area contributed by atoms with Crippen molar-refractivity contribution in [2.24, 2.45) is 5.92 Å². The van der Waals surface area contributed by atoms with Gasteiger partial charge in [0.25, 0.3) is 5.56 Å². The van der Waals surface area contributed by atoms with Gasteiger partial charge >= 0.3 is 0 Å². The summed E-state index contributed by atoms with van der Waals surface area (Å²) in [4.78, 5) is 29.2. The van der Waals surface area contributed by atoms with Crippen molar-refractivity contribution < 1.29 is 37.1 Å². The number of ether oxygens (including phenoxy) is 3. The third-order valence-electron chi connectivity index (χ3n) is 8.37. The minimum Gasteiger partial charge on any atom is -0.387 e. The number of thiol groups is 1. The van der Waals surface area contributed by atoms with Gasteiger partial charge in [0.1, 0.15) is 41.9 Å². The molecular weight excluding hydrogens is 650 g/mol. The van der Waals surface area contributed by atoms with Gasteiger partial charge in [0.05, 0.1) is 26.1 Å². The highest BCUT2D eigenvalue weighted by molar-refractivity contribution is 7.75. The SMILES string of the molecule is CC[C@]1(COP)O[C@@H](n2cnc3c(N)ncnc32)[C@H](OC)[C@@H]1COPOC[C@H]1O[C@@H](n2ccc(=O)n3ccnc23)[C@H](OS)[C@@H]1O. The van der Waals surface area contributed by atoms with Gasteiger partial charge in [-0.15, -0.1) is 0 Å². The summed E-state index contributed by atoms with van der Waals surface area (Å²) in [6.45, 7) is 2.48. The number of hydrogen-bond donors (Lipinski definition) is 3. The Morgan fingerprint density at radius 3 is 2.73 bits per heavy atom. The molecule has 244 valence electrons. The number of rotatable bonds is 13. The van der Waals surface area contributed by atoms with E-state index in [0.29, 0.717) is 23.4 Å². The van der Waals surface area contributed by atoms with E-state index >= 15 is 0 Å². The molecule has 2 aliphatic rings. The lowest BCUT2D eigenvalue weighted by Gasteiger charge is -2.33. The lowest BCUT2D eigenvalue weighted by Crippen LogP contribution is -2.44. The van der Waals surface area contributed by atoms with Crippen molar-refractivity contribution in [3.05, 3.63) is 47.7 Å². The Morgan fingerprint density at radius 2 is 1.98 bits per heavy atom. The molecule has 0 saturated carbocycles. The van der Waals surface area contributed by atoms with Gasteiger partial charge < -0.3 is 42.8 Å². The maximum absolute atomic E-state index is 12.2. The molecule has 3 N–H and O–H groups in total. The standard InChI is InChI=1S/C25H34N8O9P2S/c1-3-25(10-37-43)13(18(36-2)23(41-25)33-12-30-16-20(26)28-11-29-21(16)33)8-38-44-39-9-14-17(35)19(42-45)22(40-14)32-6-4-15(34)31-7-5-27-24(31)32/h4-7,11-14,17-19,22-23,35,44-45H,3,8-10,43H2,1-2H3,(H2,26,28,29)/t13-,14+,17+,18+,19+,22+,23+,25+/m0/s1. The number of imidazole rings is 2. The summed E-state index contributed by atoms with van der Waals surface area (Å²) < 4.78 is 46.1. The Morgan fingerprint density at radius 1 is 1.16 bits per heavy atom. The van der Waals surface area contributed by atoms with E-state index in [1.165, 1.54) is 29.2 Å². The Labute approximate surface area is 266 Å². The number of nitrogens with zero attached hydrogens (tertiary/aromatic N) is 7. The Hall–Kier alpha value is -2.34. The molecule has 45 heavy (non-hydrogen) atoms. The van der Waals surface area contributed by atoms with E-state index in [9.17, 15) is 9.90 Å². The maximum Gasteiger partial charge on any atom is 0.258 e. The molecule has 0 amide bonds. The normalized spacial score (nSPS) is 30.5. The summed E-state index contributed by atoms with van der Waals surface area (Å²) >= 11 is 3.95. The van der Waals surface area contributed by atoms with E-state index in [2.05, 4.69) is 42.3 Å². The van der Waals surface area contributed by atoms with Crippen molar-refractivity contribution in [2.75, 3.05) is 32.7 Å². The van der Waals surface area contributed by atoms with Crippen LogP contribution in [0, 0.1) is 5.92 Å². The van der Waals surface area contributed by atoms with Crippen LogP contribution in [0.25, 0.3) is 16.9 Å². The fourth-order valence-corrected chi connectivity index (χ4v) is 7.12. The average molecular weight is 685 g/mol. The molecular formula is C25H34N8O9P2S. The highest BCUT2D eigenvalue weighted by Gasteiger charge is 2.56. The number of hydrogen-bond acceptors (Lipinski definition) is 15. The monoisotopic (exact) mass is 684 g/mol. The molecule has 0 radical (unpaired) electrons. The third kappa shape index (κ3) is 5.87. The second-order valence-electron chi connectivity index (χ2n) is 10.6. The van der Waals surface area contributed by atoms with E-state index in [4.69, 9.17) is 37.7 Å². The van der Waals surface area contributed by atoms with E-state index < -0.39 is 51.5 Å². The molecule has 0 spiro atoms. The first-order chi connectivity index (χ1) is 21.9. The lowest BCUT2D eigenvalue weighted by molar-refractivity contribution is -0.114. The molecule has 6 heterocycles. The van der Waals surface area contributed by atoms with Crippen LogP contribution >= 0.6 is 31.4 Å². The molecule has 2 aliphatic heterocycles. The van der Waals surface area contributed by atoms with Crippen molar-refractivity contribution in [3.63, 3.8) is 0 Å². The molecule has 2 unspecified atom stereocenters. The summed E-state index contributed by atoms with van der Waals surface area (Å²) in [5.74, 6) is 0.325. The molecule has 2 fully saturated rings. The third-order valence-corrected chi connectivity index (χ3v) is 9.35. The fourth-order valence-electron chi connectivity index (χ4n) is 6.04. The largest absolute Gasteiger partial charge is 0.387 e. The first-order valence-corrected chi connectivity index (χ1v) is 15.6. The topological polar surface area (TPSA) is 194 Å². The van der Waals surface area contributed by atoms with E-state index in [-0.39, 0.29) is 37.1 Å². The lowest BCUT2D eigenvalue weighted by atomic mass is 9.84. The first-order valence-electron chi connectivity index (χ1n) is 14.0. The van der Waals surface area contributed by atoms with Gasteiger partial charge in [0.2, 0.25) is 5.78 Å². The quantitative estimate of drug-likeness (QED) is 0.0783. The van der Waals surface area contributed by atoms with Crippen molar-refractivity contribution in [1.29, 1.82) is 0 Å². The van der Waals surface area contributed by atoms with Crippen LogP contribution in [0.5, 0.6) is 0 Å². The van der Waals surface area contributed by atoms with Crippen molar-refractivity contribution >= 4 is 54.2 Å². The number of aliphatic hydroxyl groups is 1. The number of anilines is 1. The van der Waals surface area contributed by atoms with Gasteiger partial charge in [-0.3, -0.25) is 18.3 Å². The minimum absolute atomic E-state index is 0.00194. The molecule has 10 atom stereocenters. The molecule has 0 aliphatic carbocycles. The van der Waals surface area contributed by atoms with E-state index in [1.807, 2.05) is 6.92 Å². The summed E-state index contributed by atoms with van der Waals surface area (Å²) in [6.07, 6.45) is 3.58. The summed E-state index contributed by atoms with van der Waals surface area (Å²) in [5, 5.41) is 10.9. The minimum atomic E-state index is -1.08. The second kappa shape index (κ2) is 13.8. The Bertz CT molecular complexity index is 1680. The van der Waals surface area contributed by atoms with Crippen LogP contribution in [0.3, 0.4) is 0 Å². The maximum atomic E-state index is 12.2. The summed E-state index contributed by atoms with van der Waals surface area (Å²) in [6, 6.07) is 1.38. The van der Waals surface area contributed by atoms with Crippen LogP contribution in [0.15, 0.2) is 42.1 Å². The Balaban J connectivity index is 1.11. The second-order valence-corrected chi connectivity index (χ2v) is 11.9. The number of methoxy groups -OCH3 is 1. The van der Waals surface area contributed by atoms with Gasteiger partial charge in [0, 0.05) is 47.2 Å². The van der Waals surface area contributed by atoms with Crippen molar-refractivity contribution in [1.82, 2.24) is 33.5 Å². The van der Waals surface area contributed by atoms with Gasteiger partial charge in [-0.1, -0.05) is 6.92 Å². The van der Waals surface area contributed by atoms with Gasteiger partial charge in [-0.2, -0.15) is 0 Å². The summed E-state index contributed by atoms with van der Waals surface area (Å²) in [5.41, 5.74) is 5.98. The smallest absolute Gasteiger partial charge is 0.258 e. The highest BCUT2D eigenvalue weighted by Crippen LogP contribution is 2.47. The van der Waals surface area contributed by atoms with Crippen LogP contribution in [0.1, 0.15) is 25.8 Å². The molecule has 2 saturated heterocycles. The molecule has 0 aromatic carbocycles. The zero-order chi connectivity index (χ0) is 31.7. The van der Waals surface area contributed by atoms with Crippen LogP contribution in [-0.4, -0.2) is 95.5 Å². The number of nitrogen functional groups attached to an aromatic ring is 1. The van der Waals surface area contributed by atoms with Gasteiger partial charge in [-0.25, -0.2) is 19.9 Å². The van der Waals surface area contributed by atoms with Crippen molar-refractivity contribution in [3.8, 4) is 0 Å². The molecule has 0 bridgehead atoms. The molecule has 20 heteroatoms. The van der Waals surface area contributed by atoms with Crippen LogP contribution in [0.2, 0.25) is 0 Å². The average Bonchev–Trinajstić information content (AvgIpc) is 3.82. The van der Waals surface area contributed by atoms with Gasteiger partial charge in [-0.05, 0) is 19.3 Å². The van der Waals surface area contributed by atoms with Gasteiger partial charge in [0.15, 0.2) is 33.0 Å². The highest BCUT2D eigenvalue weighted by atomic mass is 32.1. The first kappa shape index (κ1) is 32.6. The van der Waals surface area contributed by atoms with Crippen LogP contribution in [-0.2, 0) is 32.0 Å². The van der Waals surface area contributed by atoms with Crippen LogP contribution in [0.4, 0.5) is 5.82 Å². The van der Waals surface area contributed by atoms with Crippen molar-refractivity contribution in [2.45, 2.75) is 55.8 Å². The Kier molecular flexibility index (Phi) is 9.99. The van der Waals surface area contributed by atoms with Crippen LogP contribution < -0.4 is 11.3 Å². The van der Waals surface area contributed by atoms with E-state index in [1.54, 1.807) is 28.8 Å². The number of nitrogens with two attached hydrogens (primary N) is 1. The molecule has 4 aromatic heterocycles. The zero-order valence-corrected chi connectivity index (χ0v) is 27.3.